The van der Waals surface area contributed by atoms with Gasteiger partial charge in [0.1, 0.15) is 22.7 Å². The number of likely N-dealkylation sites (N-methyl/N-ethyl adjacent to an activating group) is 1. The molecular formula is C36H40F2N6O7. The quantitative estimate of drug-likeness (QED) is 0.141. The Kier molecular flexibility index (Phi) is 10.5. The molecule has 13 nitrogen and oxygen atoms in total. The van der Waals surface area contributed by atoms with Crippen LogP contribution in [-0.4, -0.2) is 87.8 Å². The van der Waals surface area contributed by atoms with Gasteiger partial charge < -0.3 is 39.1 Å². The zero-order valence-corrected chi connectivity index (χ0v) is 29.5. The summed E-state index contributed by atoms with van der Waals surface area (Å²) in [6.07, 6.45) is 1.58. The Morgan fingerprint density at radius 1 is 1.00 bits per heavy atom. The Labute approximate surface area is 293 Å². The third-order valence-corrected chi connectivity index (χ3v) is 8.14. The topological polar surface area (TPSA) is 139 Å². The first-order valence-electron chi connectivity index (χ1n) is 16.0. The van der Waals surface area contributed by atoms with E-state index in [-0.39, 0.29) is 22.5 Å². The number of carbonyl (C=O) groups is 3. The maximum Gasteiger partial charge on any atom is 0.414 e. The van der Waals surface area contributed by atoms with Crippen LogP contribution in [0.25, 0.3) is 11.0 Å². The number of nitrogens with one attached hydrogen (secondary N) is 2. The van der Waals surface area contributed by atoms with Crippen molar-refractivity contribution in [2.75, 3.05) is 74.9 Å². The van der Waals surface area contributed by atoms with Gasteiger partial charge in [0, 0.05) is 45.0 Å². The molecule has 0 saturated carbocycles. The summed E-state index contributed by atoms with van der Waals surface area (Å²) in [5.74, 6) is -5.47. The predicted molar refractivity (Wildman–Crippen MR) is 190 cm³/mol. The number of hydrogen-bond donors (Lipinski definition) is 2. The standard InChI is InChI=1S/C36H40F2N6O7/c1-9-28(45)41-23-16-20(44-14-12-42(5)13-15-44)10-11-22(23)40-27-17-21-26(19-39-27)50-34(32(21)43(6)35(47)51-36(2,3)4)33(46)29-30(37)24(48-7)18-25(49-8)31(29)38/h9-11,16-19H,1,12-15H2,2-8H3,(H,39,40)(H,41,45). The van der Waals surface area contributed by atoms with Crippen molar-refractivity contribution in [2.45, 2.75) is 26.4 Å². The van der Waals surface area contributed by atoms with Crippen LogP contribution in [0.3, 0.4) is 0 Å². The van der Waals surface area contributed by atoms with Crippen molar-refractivity contribution in [2.24, 2.45) is 0 Å². The molecule has 3 heterocycles. The van der Waals surface area contributed by atoms with Gasteiger partial charge >= 0.3 is 6.09 Å². The summed E-state index contributed by atoms with van der Waals surface area (Å²) in [5.41, 5.74) is -0.224. The first kappa shape index (κ1) is 36.6. The molecule has 1 aliphatic rings. The second kappa shape index (κ2) is 14.6. The average Bonchev–Trinajstić information content (AvgIpc) is 3.47. The molecule has 0 spiro atoms. The number of anilines is 5. The molecule has 1 fully saturated rings. The highest BCUT2D eigenvalue weighted by Gasteiger charge is 2.35. The number of carbonyl (C=O) groups excluding carboxylic acids is 3. The lowest BCUT2D eigenvalue weighted by Gasteiger charge is -2.34. The fourth-order valence-electron chi connectivity index (χ4n) is 5.49. The minimum atomic E-state index is -1.29. The Morgan fingerprint density at radius 3 is 2.24 bits per heavy atom. The van der Waals surface area contributed by atoms with Gasteiger partial charge in [-0.1, -0.05) is 6.58 Å². The summed E-state index contributed by atoms with van der Waals surface area (Å²) in [6.45, 7) is 11.9. The number of methoxy groups -OCH3 is 2. The van der Waals surface area contributed by atoms with Gasteiger partial charge in [-0.3, -0.25) is 14.5 Å². The largest absolute Gasteiger partial charge is 0.494 e. The van der Waals surface area contributed by atoms with Crippen molar-refractivity contribution >= 4 is 57.3 Å². The summed E-state index contributed by atoms with van der Waals surface area (Å²) in [6, 6.07) is 8.02. The summed E-state index contributed by atoms with van der Waals surface area (Å²) in [4.78, 5) is 49.7. The molecule has 2 amide bonds. The van der Waals surface area contributed by atoms with Crippen LogP contribution < -0.4 is 29.9 Å². The maximum atomic E-state index is 15.5. The Balaban J connectivity index is 1.62. The van der Waals surface area contributed by atoms with Crippen LogP contribution >= 0.6 is 0 Å². The van der Waals surface area contributed by atoms with E-state index in [2.05, 4.69) is 39.0 Å². The molecule has 0 aliphatic carbocycles. The number of hydrogen-bond acceptors (Lipinski definition) is 11. The number of amides is 2. The minimum absolute atomic E-state index is 0.0237. The molecule has 15 heteroatoms. The number of ether oxygens (including phenoxy) is 3. The average molecular weight is 707 g/mol. The van der Waals surface area contributed by atoms with E-state index in [1.54, 1.807) is 26.8 Å². The van der Waals surface area contributed by atoms with Gasteiger partial charge in [-0.05, 0) is 58.2 Å². The highest BCUT2D eigenvalue weighted by Crippen LogP contribution is 2.40. The van der Waals surface area contributed by atoms with E-state index in [4.69, 9.17) is 18.6 Å². The van der Waals surface area contributed by atoms with Crippen LogP contribution in [-0.2, 0) is 9.53 Å². The minimum Gasteiger partial charge on any atom is -0.494 e. The molecule has 0 atom stereocenters. The van der Waals surface area contributed by atoms with Gasteiger partial charge in [0.15, 0.2) is 34.5 Å². The molecule has 1 saturated heterocycles. The van der Waals surface area contributed by atoms with Gasteiger partial charge in [0.2, 0.25) is 11.7 Å². The zero-order chi connectivity index (χ0) is 37.2. The number of pyridine rings is 1. The lowest BCUT2D eigenvalue weighted by Crippen LogP contribution is -2.44. The number of halogens is 2. The van der Waals surface area contributed by atoms with Crippen LogP contribution in [0.1, 0.15) is 36.9 Å². The molecule has 51 heavy (non-hydrogen) atoms. The van der Waals surface area contributed by atoms with E-state index in [1.807, 2.05) is 12.1 Å². The number of aromatic nitrogens is 1. The summed E-state index contributed by atoms with van der Waals surface area (Å²) in [5, 5.41) is 6.20. The van der Waals surface area contributed by atoms with Crippen molar-refractivity contribution in [3.63, 3.8) is 0 Å². The number of furan rings is 1. The monoisotopic (exact) mass is 706 g/mol. The highest BCUT2D eigenvalue weighted by molar-refractivity contribution is 6.18. The van der Waals surface area contributed by atoms with Crippen molar-refractivity contribution < 1.29 is 41.8 Å². The molecule has 0 radical (unpaired) electrons. The normalized spacial score (nSPS) is 13.5. The summed E-state index contributed by atoms with van der Waals surface area (Å²) in [7, 11) is 5.70. The lowest BCUT2D eigenvalue weighted by molar-refractivity contribution is -0.111. The SMILES string of the molecule is C=CC(=O)Nc1cc(N2CCN(C)CC2)ccc1Nc1cc2c(N(C)C(=O)OC(C)(C)C)c(C(=O)c3c(F)c(OC)cc(OC)c3F)oc2cn1. The van der Waals surface area contributed by atoms with Crippen LogP contribution in [0.4, 0.5) is 42.1 Å². The predicted octanol–water partition coefficient (Wildman–Crippen LogP) is 6.35. The summed E-state index contributed by atoms with van der Waals surface area (Å²) < 4.78 is 52.5. The molecule has 2 N–H and O–H groups in total. The number of fused-ring (bicyclic) bond motifs is 1. The number of piperazine rings is 1. The van der Waals surface area contributed by atoms with E-state index in [9.17, 15) is 14.4 Å². The molecule has 1 aliphatic heterocycles. The molecule has 4 aromatic rings. The van der Waals surface area contributed by atoms with Crippen LogP contribution in [0.5, 0.6) is 11.5 Å². The number of ketones is 1. The van der Waals surface area contributed by atoms with Crippen molar-refractivity contribution in [1.82, 2.24) is 9.88 Å². The number of rotatable bonds is 10. The van der Waals surface area contributed by atoms with Crippen molar-refractivity contribution in [3.8, 4) is 11.5 Å². The van der Waals surface area contributed by atoms with Gasteiger partial charge in [-0.25, -0.2) is 18.6 Å². The Bertz CT molecular complexity index is 1970. The molecule has 0 bridgehead atoms. The van der Waals surface area contributed by atoms with E-state index < -0.39 is 57.8 Å². The van der Waals surface area contributed by atoms with Crippen LogP contribution in [0.2, 0.25) is 0 Å². The second-order valence-corrected chi connectivity index (χ2v) is 12.8. The highest BCUT2D eigenvalue weighted by atomic mass is 19.1. The van der Waals surface area contributed by atoms with Crippen molar-refractivity contribution in [3.05, 3.63) is 72.1 Å². The maximum absolute atomic E-state index is 15.5. The third-order valence-electron chi connectivity index (χ3n) is 8.14. The van der Waals surface area contributed by atoms with Crippen LogP contribution in [0, 0.1) is 11.6 Å². The Hall–Kier alpha value is -5.70. The van der Waals surface area contributed by atoms with Gasteiger partial charge in [-0.2, -0.15) is 0 Å². The molecular weight excluding hydrogens is 666 g/mol. The Morgan fingerprint density at radius 2 is 1.65 bits per heavy atom. The summed E-state index contributed by atoms with van der Waals surface area (Å²) >= 11 is 0. The first-order valence-corrected chi connectivity index (χ1v) is 16.0. The second-order valence-electron chi connectivity index (χ2n) is 12.8. The van der Waals surface area contributed by atoms with Gasteiger partial charge in [0.05, 0.1) is 37.2 Å². The van der Waals surface area contributed by atoms with Gasteiger partial charge in [0.25, 0.3) is 0 Å². The smallest absolute Gasteiger partial charge is 0.414 e. The van der Waals surface area contributed by atoms with Gasteiger partial charge in [-0.15, -0.1) is 0 Å². The van der Waals surface area contributed by atoms with E-state index in [1.165, 1.54) is 19.3 Å². The molecule has 5 rings (SSSR count). The molecule has 270 valence electrons. The fourth-order valence-corrected chi connectivity index (χ4v) is 5.49. The molecule has 2 aromatic carbocycles. The lowest BCUT2D eigenvalue weighted by atomic mass is 10.0. The molecule has 0 unspecified atom stereocenters. The van der Waals surface area contributed by atoms with E-state index in [0.717, 1.165) is 63.1 Å². The molecule has 2 aromatic heterocycles. The van der Waals surface area contributed by atoms with Crippen molar-refractivity contribution in [1.29, 1.82) is 0 Å². The van der Waals surface area contributed by atoms with Crippen LogP contribution in [0.15, 0.2) is 53.6 Å². The zero-order valence-electron chi connectivity index (χ0n) is 29.5. The fraction of sp³-hybridized carbons (Fsp3) is 0.333. The first-order chi connectivity index (χ1) is 24.1. The third kappa shape index (κ3) is 7.72. The van der Waals surface area contributed by atoms with E-state index >= 15 is 8.78 Å². The number of benzene rings is 2. The van der Waals surface area contributed by atoms with E-state index in [0.29, 0.717) is 11.4 Å². The number of nitrogens with zero attached hydrogens (tertiary/aromatic N) is 4.